The molecular formula is C15H17ClN2O2S. The number of hydrogen-bond acceptors (Lipinski definition) is 4. The third-order valence-electron chi connectivity index (χ3n) is 3.34. The number of nitrogens with one attached hydrogen (secondary N) is 1. The molecule has 2 aromatic rings. The Labute approximate surface area is 130 Å². The van der Waals surface area contributed by atoms with Gasteiger partial charge in [0.1, 0.15) is 0 Å². The smallest absolute Gasteiger partial charge is 0.175 e. The van der Waals surface area contributed by atoms with Crippen molar-refractivity contribution in [2.45, 2.75) is 17.4 Å². The van der Waals surface area contributed by atoms with E-state index in [-0.39, 0.29) is 6.04 Å². The summed E-state index contributed by atoms with van der Waals surface area (Å²) in [5.41, 5.74) is 2.01. The first kappa shape index (κ1) is 15.9. The Kier molecular flexibility index (Phi) is 4.98. The third-order valence-corrected chi connectivity index (χ3v) is 4.81. The molecule has 0 radical (unpaired) electrons. The molecule has 4 nitrogen and oxygen atoms in total. The molecule has 0 amide bonds. The molecule has 0 aliphatic heterocycles. The van der Waals surface area contributed by atoms with Crippen molar-refractivity contribution in [3.63, 3.8) is 0 Å². The molecule has 1 aromatic carbocycles. The summed E-state index contributed by atoms with van der Waals surface area (Å²) < 4.78 is 23.0. The number of nitrogens with zero attached hydrogens (tertiary/aromatic N) is 1. The molecule has 0 aliphatic carbocycles. The molecular weight excluding hydrogens is 308 g/mol. The van der Waals surface area contributed by atoms with E-state index in [2.05, 4.69) is 10.3 Å². The summed E-state index contributed by atoms with van der Waals surface area (Å²) in [6.07, 6.45) is 5.24. The van der Waals surface area contributed by atoms with E-state index in [4.69, 9.17) is 11.6 Å². The van der Waals surface area contributed by atoms with Crippen LogP contribution in [0.4, 0.5) is 0 Å². The van der Waals surface area contributed by atoms with Gasteiger partial charge in [0.15, 0.2) is 9.84 Å². The van der Waals surface area contributed by atoms with Crippen LogP contribution in [0.3, 0.4) is 0 Å². The van der Waals surface area contributed by atoms with Crippen molar-refractivity contribution in [1.29, 1.82) is 0 Å². The first-order valence-corrected chi connectivity index (χ1v) is 8.74. The number of sulfone groups is 1. The highest BCUT2D eigenvalue weighted by Crippen LogP contribution is 2.23. The maximum atomic E-state index is 11.5. The van der Waals surface area contributed by atoms with Crippen LogP contribution in [0, 0.1) is 0 Å². The van der Waals surface area contributed by atoms with Crippen molar-refractivity contribution in [1.82, 2.24) is 10.3 Å². The fourth-order valence-corrected chi connectivity index (χ4v) is 2.95. The van der Waals surface area contributed by atoms with E-state index in [1.807, 2.05) is 25.2 Å². The summed E-state index contributed by atoms with van der Waals surface area (Å²) >= 11 is 6.13. The first-order valence-electron chi connectivity index (χ1n) is 6.47. The molecule has 1 N–H and O–H groups in total. The van der Waals surface area contributed by atoms with E-state index in [1.165, 1.54) is 6.26 Å². The molecule has 1 aromatic heterocycles. The molecule has 0 aliphatic rings. The Morgan fingerprint density at radius 1 is 1.24 bits per heavy atom. The standard InChI is InChI=1S/C15H17ClN2O2S/c1-17-15(9-12-7-8-18-10-14(12)16)11-3-5-13(6-4-11)21(2,19)20/h3-8,10,15,17H,9H2,1-2H3. The van der Waals surface area contributed by atoms with Crippen LogP contribution < -0.4 is 5.32 Å². The fourth-order valence-electron chi connectivity index (χ4n) is 2.12. The van der Waals surface area contributed by atoms with Gasteiger partial charge in [0.05, 0.1) is 9.92 Å². The number of likely N-dealkylation sites (N-methyl/N-ethyl adjacent to an activating group) is 1. The molecule has 1 atom stereocenters. The number of rotatable bonds is 5. The van der Waals surface area contributed by atoms with Crippen LogP contribution in [0.25, 0.3) is 0 Å². The molecule has 6 heteroatoms. The van der Waals surface area contributed by atoms with Crippen molar-refractivity contribution in [3.05, 3.63) is 58.9 Å². The number of pyridine rings is 1. The number of benzene rings is 1. The molecule has 112 valence electrons. The number of aromatic nitrogens is 1. The third kappa shape index (κ3) is 4.03. The molecule has 21 heavy (non-hydrogen) atoms. The molecule has 0 fully saturated rings. The largest absolute Gasteiger partial charge is 0.313 e. The van der Waals surface area contributed by atoms with Crippen molar-refractivity contribution in [2.75, 3.05) is 13.3 Å². The van der Waals surface area contributed by atoms with Crippen molar-refractivity contribution in [2.24, 2.45) is 0 Å². The van der Waals surface area contributed by atoms with E-state index in [0.29, 0.717) is 16.3 Å². The van der Waals surface area contributed by atoms with Gasteiger partial charge in [0.2, 0.25) is 0 Å². The van der Waals surface area contributed by atoms with Gasteiger partial charge >= 0.3 is 0 Å². The lowest BCUT2D eigenvalue weighted by Gasteiger charge is -2.17. The molecule has 0 saturated carbocycles. The van der Waals surface area contributed by atoms with Crippen LogP contribution in [0.15, 0.2) is 47.6 Å². The van der Waals surface area contributed by atoms with Crippen LogP contribution in [-0.4, -0.2) is 26.7 Å². The highest BCUT2D eigenvalue weighted by atomic mass is 35.5. The predicted molar refractivity (Wildman–Crippen MR) is 84.3 cm³/mol. The quantitative estimate of drug-likeness (QED) is 0.918. The summed E-state index contributed by atoms with van der Waals surface area (Å²) in [5, 5.41) is 3.85. The van der Waals surface area contributed by atoms with Gasteiger partial charge in [-0.25, -0.2) is 8.42 Å². The Morgan fingerprint density at radius 3 is 2.43 bits per heavy atom. The van der Waals surface area contributed by atoms with Crippen LogP contribution in [0.1, 0.15) is 17.2 Å². The molecule has 0 saturated heterocycles. The van der Waals surface area contributed by atoms with Gasteiger partial charge in [-0.05, 0) is 42.8 Å². The lowest BCUT2D eigenvalue weighted by Crippen LogP contribution is -2.19. The number of halogens is 1. The summed E-state index contributed by atoms with van der Waals surface area (Å²) in [5.74, 6) is 0. The molecule has 0 spiro atoms. The van der Waals surface area contributed by atoms with Gasteiger partial charge in [0.25, 0.3) is 0 Å². The van der Waals surface area contributed by atoms with Gasteiger partial charge < -0.3 is 5.32 Å². The lowest BCUT2D eigenvalue weighted by atomic mass is 10.00. The zero-order valence-electron chi connectivity index (χ0n) is 11.9. The Balaban J connectivity index is 2.24. The van der Waals surface area contributed by atoms with Gasteiger partial charge in [-0.3, -0.25) is 4.98 Å². The molecule has 0 bridgehead atoms. The van der Waals surface area contributed by atoms with Crippen LogP contribution in [0.2, 0.25) is 5.02 Å². The first-order chi connectivity index (χ1) is 9.91. The van der Waals surface area contributed by atoms with Gasteiger partial charge in [-0.1, -0.05) is 23.7 Å². The molecule has 2 rings (SSSR count). The Bertz CT molecular complexity index is 715. The van der Waals surface area contributed by atoms with Crippen molar-refractivity contribution < 1.29 is 8.42 Å². The average molecular weight is 325 g/mol. The summed E-state index contributed by atoms with van der Waals surface area (Å²) in [4.78, 5) is 4.29. The number of hydrogen-bond donors (Lipinski definition) is 1. The highest BCUT2D eigenvalue weighted by molar-refractivity contribution is 7.90. The SMILES string of the molecule is CNC(Cc1ccncc1Cl)c1ccc(S(C)(=O)=O)cc1. The van der Waals surface area contributed by atoms with Gasteiger partial charge in [0, 0.05) is 24.7 Å². The van der Waals surface area contributed by atoms with Crippen molar-refractivity contribution in [3.8, 4) is 0 Å². The highest BCUT2D eigenvalue weighted by Gasteiger charge is 2.13. The van der Waals surface area contributed by atoms with Crippen molar-refractivity contribution >= 4 is 21.4 Å². The zero-order valence-corrected chi connectivity index (χ0v) is 13.4. The summed E-state index contributed by atoms with van der Waals surface area (Å²) in [6.45, 7) is 0. The second-order valence-electron chi connectivity index (χ2n) is 4.85. The topological polar surface area (TPSA) is 59.1 Å². The maximum absolute atomic E-state index is 11.5. The van der Waals surface area contributed by atoms with E-state index in [1.54, 1.807) is 24.5 Å². The van der Waals surface area contributed by atoms with E-state index in [9.17, 15) is 8.42 Å². The monoisotopic (exact) mass is 324 g/mol. The van der Waals surface area contributed by atoms with Crippen LogP contribution in [-0.2, 0) is 16.3 Å². The minimum atomic E-state index is -3.17. The fraction of sp³-hybridized carbons (Fsp3) is 0.267. The predicted octanol–water partition coefficient (Wildman–Crippen LogP) is 2.64. The van der Waals surface area contributed by atoms with Crippen LogP contribution >= 0.6 is 11.6 Å². The van der Waals surface area contributed by atoms with E-state index < -0.39 is 9.84 Å². The van der Waals surface area contributed by atoms with Crippen LogP contribution in [0.5, 0.6) is 0 Å². The minimum absolute atomic E-state index is 0.0542. The second-order valence-corrected chi connectivity index (χ2v) is 7.28. The zero-order chi connectivity index (χ0) is 15.5. The van der Waals surface area contributed by atoms with E-state index >= 15 is 0 Å². The minimum Gasteiger partial charge on any atom is -0.313 e. The molecule has 1 unspecified atom stereocenters. The second kappa shape index (κ2) is 6.56. The molecule has 1 heterocycles. The normalized spacial score (nSPS) is 13.1. The lowest BCUT2D eigenvalue weighted by molar-refractivity contribution is 0.590. The van der Waals surface area contributed by atoms with E-state index in [0.717, 1.165) is 11.1 Å². The van der Waals surface area contributed by atoms with Gasteiger partial charge in [-0.2, -0.15) is 0 Å². The summed E-state index contributed by atoms with van der Waals surface area (Å²) in [7, 11) is -1.30. The Morgan fingerprint density at radius 2 is 1.90 bits per heavy atom. The Hall–Kier alpha value is -1.43. The average Bonchev–Trinajstić information content (AvgIpc) is 2.46. The summed E-state index contributed by atoms with van der Waals surface area (Å²) in [6, 6.07) is 8.85. The maximum Gasteiger partial charge on any atom is 0.175 e. The van der Waals surface area contributed by atoms with Gasteiger partial charge in [-0.15, -0.1) is 0 Å².